The third-order valence-electron chi connectivity index (χ3n) is 3.82. The topological polar surface area (TPSA) is 45.6 Å². The third kappa shape index (κ3) is 6.24. The molecule has 4 nitrogen and oxygen atoms in total. The first-order valence-corrected chi connectivity index (χ1v) is 9.03. The molecule has 0 aliphatic heterocycles. The summed E-state index contributed by atoms with van der Waals surface area (Å²) in [5.74, 6) is 0.821. The molecule has 2 N–H and O–H groups in total. The predicted octanol–water partition coefficient (Wildman–Crippen LogP) is 4.89. The maximum Gasteiger partial charge on any atom is 0.191 e. The average molecular weight is 375 g/mol. The van der Waals surface area contributed by atoms with Crippen molar-refractivity contribution < 1.29 is 4.74 Å². The zero-order valence-electron chi connectivity index (χ0n) is 15.1. The number of benzene rings is 3. The van der Waals surface area contributed by atoms with Gasteiger partial charge >= 0.3 is 0 Å². The molecule has 5 heteroatoms. The Hall–Kier alpha value is -3.18. The summed E-state index contributed by atoms with van der Waals surface area (Å²) in [5.41, 5.74) is 7.07. The molecule has 0 unspecified atom stereocenters. The summed E-state index contributed by atoms with van der Waals surface area (Å²) in [6.45, 7) is 2.62. The van der Waals surface area contributed by atoms with E-state index in [9.17, 15) is 0 Å². The number of aryl methyl sites for hydroxylation is 1. The first kappa shape index (κ1) is 18.6. The molecule has 0 fully saturated rings. The number of rotatable bonds is 6. The van der Waals surface area contributed by atoms with Crippen LogP contribution in [0.2, 0.25) is 0 Å². The highest BCUT2D eigenvalue weighted by atomic mass is 32.1. The van der Waals surface area contributed by atoms with Gasteiger partial charge in [0.25, 0.3) is 0 Å². The summed E-state index contributed by atoms with van der Waals surface area (Å²) in [4.78, 5) is 0. The molecule has 0 saturated heterocycles. The molecule has 0 aliphatic rings. The van der Waals surface area contributed by atoms with Gasteiger partial charge in [0.1, 0.15) is 12.4 Å². The Labute approximate surface area is 164 Å². The smallest absolute Gasteiger partial charge is 0.191 e. The summed E-state index contributed by atoms with van der Waals surface area (Å²) < 4.78 is 5.81. The van der Waals surface area contributed by atoms with Crippen LogP contribution in [0.15, 0.2) is 84.0 Å². The van der Waals surface area contributed by atoms with Gasteiger partial charge in [-0.15, -0.1) is 0 Å². The molecule has 0 heterocycles. The van der Waals surface area contributed by atoms with Crippen molar-refractivity contribution in [2.75, 3.05) is 5.32 Å². The minimum absolute atomic E-state index is 0.440. The number of hydrogen-bond donors (Lipinski definition) is 2. The SMILES string of the molecule is Cc1ccc(COc2ccc(/C=N\NC(=S)Nc3ccccc3)cc2)cc1. The predicted molar refractivity (Wildman–Crippen MR) is 115 cm³/mol. The van der Waals surface area contributed by atoms with Crippen LogP contribution < -0.4 is 15.5 Å². The van der Waals surface area contributed by atoms with E-state index in [4.69, 9.17) is 17.0 Å². The van der Waals surface area contributed by atoms with Crippen molar-refractivity contribution in [1.82, 2.24) is 5.43 Å². The van der Waals surface area contributed by atoms with Crippen LogP contribution in [0.25, 0.3) is 0 Å². The molecule has 136 valence electrons. The van der Waals surface area contributed by atoms with Crippen LogP contribution >= 0.6 is 12.2 Å². The lowest BCUT2D eigenvalue weighted by atomic mass is 10.2. The molecular formula is C22H21N3OS. The molecular weight excluding hydrogens is 354 g/mol. The number of hydrazone groups is 1. The number of ether oxygens (including phenoxy) is 1. The van der Waals surface area contributed by atoms with Crippen molar-refractivity contribution in [3.8, 4) is 5.75 Å². The normalized spacial score (nSPS) is 10.6. The fraction of sp³-hybridized carbons (Fsp3) is 0.0909. The van der Waals surface area contributed by atoms with Crippen molar-refractivity contribution in [3.63, 3.8) is 0 Å². The Morgan fingerprint density at radius 1 is 0.963 bits per heavy atom. The van der Waals surface area contributed by atoms with Crippen molar-refractivity contribution in [1.29, 1.82) is 0 Å². The molecule has 0 aliphatic carbocycles. The zero-order valence-corrected chi connectivity index (χ0v) is 15.9. The molecule has 0 spiro atoms. The van der Waals surface area contributed by atoms with E-state index in [2.05, 4.69) is 47.0 Å². The number of nitrogens with zero attached hydrogens (tertiary/aromatic N) is 1. The van der Waals surface area contributed by atoms with E-state index in [1.165, 1.54) is 5.56 Å². The quantitative estimate of drug-likeness (QED) is 0.366. The molecule has 0 atom stereocenters. The number of para-hydroxylation sites is 1. The second-order valence-electron chi connectivity index (χ2n) is 6.03. The Morgan fingerprint density at radius 3 is 2.37 bits per heavy atom. The summed E-state index contributed by atoms with van der Waals surface area (Å²) in [6, 6.07) is 25.8. The van der Waals surface area contributed by atoms with Gasteiger partial charge in [0, 0.05) is 5.69 Å². The number of nitrogens with one attached hydrogen (secondary N) is 2. The standard InChI is InChI=1S/C22H21N3OS/c1-17-7-9-19(10-8-17)16-26-21-13-11-18(12-14-21)15-23-25-22(27)24-20-5-3-2-4-6-20/h2-15H,16H2,1H3,(H2,24,25,27)/b23-15-. The highest BCUT2D eigenvalue weighted by molar-refractivity contribution is 7.80. The van der Waals surface area contributed by atoms with Gasteiger partial charge in [-0.3, -0.25) is 5.43 Å². The third-order valence-corrected chi connectivity index (χ3v) is 4.01. The highest BCUT2D eigenvalue weighted by Crippen LogP contribution is 2.14. The summed E-state index contributed by atoms with van der Waals surface area (Å²) in [7, 11) is 0. The molecule has 0 bridgehead atoms. The lowest BCUT2D eigenvalue weighted by Crippen LogP contribution is -2.23. The fourth-order valence-electron chi connectivity index (χ4n) is 2.35. The second-order valence-corrected chi connectivity index (χ2v) is 6.44. The Kier molecular flexibility index (Phi) is 6.55. The highest BCUT2D eigenvalue weighted by Gasteiger charge is 1.97. The lowest BCUT2D eigenvalue weighted by molar-refractivity contribution is 0.306. The number of hydrogen-bond acceptors (Lipinski definition) is 3. The van der Waals surface area contributed by atoms with Crippen molar-refractivity contribution in [2.45, 2.75) is 13.5 Å². The maximum atomic E-state index is 5.81. The van der Waals surface area contributed by atoms with E-state index < -0.39 is 0 Å². The van der Waals surface area contributed by atoms with Crippen LogP contribution in [0.5, 0.6) is 5.75 Å². The number of thiocarbonyl (C=S) groups is 1. The van der Waals surface area contributed by atoms with E-state index in [1.54, 1.807) is 6.21 Å². The zero-order chi connectivity index (χ0) is 18.9. The first-order valence-electron chi connectivity index (χ1n) is 8.62. The largest absolute Gasteiger partial charge is 0.489 e. The van der Waals surface area contributed by atoms with E-state index in [0.717, 1.165) is 22.6 Å². The van der Waals surface area contributed by atoms with E-state index >= 15 is 0 Å². The number of anilines is 1. The monoisotopic (exact) mass is 375 g/mol. The maximum absolute atomic E-state index is 5.81. The fourth-order valence-corrected chi connectivity index (χ4v) is 2.52. The van der Waals surface area contributed by atoms with Gasteiger partial charge in [-0.25, -0.2) is 0 Å². The van der Waals surface area contributed by atoms with Crippen LogP contribution in [-0.2, 0) is 6.61 Å². The lowest BCUT2D eigenvalue weighted by Gasteiger charge is -2.07. The van der Waals surface area contributed by atoms with Gasteiger partial charge in [-0.05, 0) is 66.7 Å². The summed E-state index contributed by atoms with van der Waals surface area (Å²) in [5, 5.41) is 7.65. The van der Waals surface area contributed by atoms with Gasteiger partial charge in [-0.2, -0.15) is 5.10 Å². The van der Waals surface area contributed by atoms with Crippen LogP contribution in [0, 0.1) is 6.92 Å². The summed E-state index contributed by atoms with van der Waals surface area (Å²) in [6.07, 6.45) is 1.71. The first-order chi connectivity index (χ1) is 13.2. The molecule has 0 radical (unpaired) electrons. The van der Waals surface area contributed by atoms with Gasteiger partial charge in [-0.1, -0.05) is 48.0 Å². The Morgan fingerprint density at radius 2 is 1.67 bits per heavy atom. The Balaban J connectivity index is 1.46. The molecule has 0 saturated carbocycles. The molecule has 3 aromatic rings. The van der Waals surface area contributed by atoms with Crippen LogP contribution in [-0.4, -0.2) is 11.3 Å². The van der Waals surface area contributed by atoms with Crippen molar-refractivity contribution >= 4 is 29.2 Å². The van der Waals surface area contributed by atoms with Crippen LogP contribution in [0.1, 0.15) is 16.7 Å². The second kappa shape index (κ2) is 9.50. The minimum Gasteiger partial charge on any atom is -0.489 e. The van der Waals surface area contributed by atoms with Crippen molar-refractivity contribution in [3.05, 3.63) is 95.6 Å². The van der Waals surface area contributed by atoms with Gasteiger partial charge < -0.3 is 10.1 Å². The molecule has 3 rings (SSSR count). The van der Waals surface area contributed by atoms with E-state index in [0.29, 0.717) is 11.7 Å². The van der Waals surface area contributed by atoms with Gasteiger partial charge in [0.15, 0.2) is 5.11 Å². The van der Waals surface area contributed by atoms with Gasteiger partial charge in [0.2, 0.25) is 0 Å². The van der Waals surface area contributed by atoms with E-state index in [1.807, 2.05) is 54.6 Å². The van der Waals surface area contributed by atoms with E-state index in [-0.39, 0.29) is 0 Å². The molecule has 27 heavy (non-hydrogen) atoms. The minimum atomic E-state index is 0.440. The average Bonchev–Trinajstić information content (AvgIpc) is 2.69. The van der Waals surface area contributed by atoms with Crippen molar-refractivity contribution in [2.24, 2.45) is 5.10 Å². The Bertz CT molecular complexity index is 891. The van der Waals surface area contributed by atoms with Gasteiger partial charge in [0.05, 0.1) is 6.21 Å². The molecule has 3 aromatic carbocycles. The summed E-state index contributed by atoms with van der Waals surface area (Å²) >= 11 is 5.21. The van der Waals surface area contributed by atoms with Crippen LogP contribution in [0.3, 0.4) is 0 Å². The van der Waals surface area contributed by atoms with Crippen LogP contribution in [0.4, 0.5) is 5.69 Å². The molecule has 0 aromatic heterocycles. The molecule has 0 amide bonds.